The number of carbonyl (C=O) groups excluding carboxylic acids is 1. The average molecular weight is 369 g/mol. The number of carbonyl (C=O) groups is 1. The lowest BCUT2D eigenvalue weighted by Crippen LogP contribution is -2.11. The summed E-state index contributed by atoms with van der Waals surface area (Å²) in [6, 6.07) is 13.0. The van der Waals surface area contributed by atoms with E-state index in [2.05, 4.69) is 37.2 Å². The topological polar surface area (TPSA) is 29.1 Å². The highest BCUT2D eigenvalue weighted by Crippen LogP contribution is 2.19. The molecule has 0 aromatic heterocycles. The number of halogens is 2. The van der Waals surface area contributed by atoms with Crippen LogP contribution < -0.4 is 5.32 Å². The molecule has 0 bridgehead atoms. The van der Waals surface area contributed by atoms with Crippen molar-refractivity contribution in [2.24, 2.45) is 0 Å². The first-order valence-electron chi connectivity index (χ1n) is 5.39. The van der Waals surface area contributed by atoms with Gasteiger partial charge in [-0.25, -0.2) is 0 Å². The maximum Gasteiger partial charge on any atom is 0.255 e. The molecule has 4 heteroatoms. The highest BCUT2D eigenvalue weighted by atomic mass is 79.9. The maximum atomic E-state index is 12.0. The van der Waals surface area contributed by atoms with E-state index in [1.807, 2.05) is 43.3 Å². The monoisotopic (exact) mass is 367 g/mol. The molecule has 2 nitrogen and oxygen atoms in total. The Morgan fingerprint density at radius 1 is 1.06 bits per heavy atom. The van der Waals surface area contributed by atoms with Gasteiger partial charge in [-0.1, -0.05) is 31.9 Å². The predicted octanol–water partition coefficient (Wildman–Crippen LogP) is 4.77. The van der Waals surface area contributed by atoms with Crippen LogP contribution in [0.25, 0.3) is 0 Å². The summed E-state index contributed by atoms with van der Waals surface area (Å²) in [5.74, 6) is -0.104. The molecule has 0 aliphatic carbocycles. The van der Waals surface area contributed by atoms with Gasteiger partial charge in [0, 0.05) is 20.2 Å². The van der Waals surface area contributed by atoms with Gasteiger partial charge in [-0.3, -0.25) is 4.79 Å². The fourth-order valence-electron chi connectivity index (χ4n) is 1.52. The minimum absolute atomic E-state index is 0.104. The fourth-order valence-corrected chi connectivity index (χ4v) is 2.03. The number of nitrogens with one attached hydrogen (secondary N) is 1. The number of benzene rings is 2. The van der Waals surface area contributed by atoms with Crippen molar-refractivity contribution < 1.29 is 4.79 Å². The summed E-state index contributed by atoms with van der Waals surface area (Å²) in [6.07, 6.45) is 0. The third kappa shape index (κ3) is 3.21. The van der Waals surface area contributed by atoms with Gasteiger partial charge < -0.3 is 5.32 Å². The summed E-state index contributed by atoms with van der Waals surface area (Å²) in [5, 5.41) is 2.86. The second kappa shape index (κ2) is 5.67. The van der Waals surface area contributed by atoms with E-state index in [0.717, 1.165) is 20.2 Å². The second-order valence-electron chi connectivity index (χ2n) is 3.92. The van der Waals surface area contributed by atoms with Gasteiger partial charge in [-0.15, -0.1) is 0 Å². The molecule has 0 radical (unpaired) electrons. The first kappa shape index (κ1) is 13.3. The van der Waals surface area contributed by atoms with Gasteiger partial charge in [-0.2, -0.15) is 0 Å². The van der Waals surface area contributed by atoms with Crippen molar-refractivity contribution in [3.63, 3.8) is 0 Å². The number of amides is 1. The van der Waals surface area contributed by atoms with Crippen LogP contribution in [0.3, 0.4) is 0 Å². The minimum atomic E-state index is -0.104. The van der Waals surface area contributed by atoms with Crippen LogP contribution in [-0.2, 0) is 0 Å². The molecule has 1 N–H and O–H groups in total. The molecule has 2 aromatic carbocycles. The third-order valence-electron chi connectivity index (χ3n) is 2.52. The smallest absolute Gasteiger partial charge is 0.255 e. The van der Waals surface area contributed by atoms with Crippen LogP contribution in [0.1, 0.15) is 15.9 Å². The van der Waals surface area contributed by atoms with Crippen molar-refractivity contribution >= 4 is 43.5 Å². The van der Waals surface area contributed by atoms with E-state index in [0.29, 0.717) is 5.56 Å². The summed E-state index contributed by atoms with van der Waals surface area (Å²) in [4.78, 5) is 12.0. The largest absolute Gasteiger partial charge is 0.322 e. The van der Waals surface area contributed by atoms with Crippen molar-refractivity contribution in [3.8, 4) is 0 Å². The highest BCUT2D eigenvalue weighted by Gasteiger charge is 2.07. The van der Waals surface area contributed by atoms with E-state index in [9.17, 15) is 4.79 Å². The zero-order chi connectivity index (χ0) is 13.1. The van der Waals surface area contributed by atoms with Crippen LogP contribution in [0, 0.1) is 6.92 Å². The molecule has 0 spiro atoms. The molecule has 2 aromatic rings. The Morgan fingerprint density at radius 2 is 1.72 bits per heavy atom. The Hall–Kier alpha value is -1.13. The van der Waals surface area contributed by atoms with Crippen molar-refractivity contribution in [2.75, 3.05) is 5.32 Å². The lowest BCUT2D eigenvalue weighted by Gasteiger charge is -2.06. The van der Waals surface area contributed by atoms with Crippen LogP contribution in [0.2, 0.25) is 0 Å². The lowest BCUT2D eigenvalue weighted by atomic mass is 10.1. The molecular formula is C14H11Br2NO. The summed E-state index contributed by atoms with van der Waals surface area (Å²) < 4.78 is 1.99. The first-order valence-corrected chi connectivity index (χ1v) is 6.98. The van der Waals surface area contributed by atoms with Crippen LogP contribution in [0.15, 0.2) is 51.4 Å². The standard InChI is InChI=1S/C14H11Br2NO/c1-9-8-10(2-7-13(9)16)14(18)17-12-5-3-11(15)4-6-12/h2-8H,1H3,(H,17,18). The molecule has 92 valence electrons. The number of anilines is 1. The summed E-state index contributed by atoms with van der Waals surface area (Å²) in [6.45, 7) is 1.96. The fraction of sp³-hybridized carbons (Fsp3) is 0.0714. The molecule has 1 amide bonds. The number of hydrogen-bond acceptors (Lipinski definition) is 1. The summed E-state index contributed by atoms with van der Waals surface area (Å²) in [7, 11) is 0. The molecule has 0 saturated heterocycles. The molecule has 0 heterocycles. The quantitative estimate of drug-likeness (QED) is 0.812. The maximum absolute atomic E-state index is 12.0. The van der Waals surface area contributed by atoms with E-state index < -0.39 is 0 Å². The molecule has 0 atom stereocenters. The summed E-state index contributed by atoms with van der Waals surface area (Å²) >= 11 is 6.77. The van der Waals surface area contributed by atoms with E-state index >= 15 is 0 Å². The van der Waals surface area contributed by atoms with Gasteiger partial charge in [-0.05, 0) is 55.0 Å². The van der Waals surface area contributed by atoms with E-state index in [4.69, 9.17) is 0 Å². The van der Waals surface area contributed by atoms with Gasteiger partial charge in [0.05, 0.1) is 0 Å². The Balaban J connectivity index is 2.16. The van der Waals surface area contributed by atoms with Gasteiger partial charge in [0.25, 0.3) is 5.91 Å². The van der Waals surface area contributed by atoms with Gasteiger partial charge in [0.15, 0.2) is 0 Å². The number of rotatable bonds is 2. The molecule has 18 heavy (non-hydrogen) atoms. The van der Waals surface area contributed by atoms with Crippen LogP contribution in [0.5, 0.6) is 0 Å². The predicted molar refractivity (Wildman–Crippen MR) is 81.0 cm³/mol. The van der Waals surface area contributed by atoms with Gasteiger partial charge in [0.2, 0.25) is 0 Å². The number of aryl methyl sites for hydroxylation is 1. The first-order chi connectivity index (χ1) is 8.56. The molecule has 0 fully saturated rings. The van der Waals surface area contributed by atoms with Crippen LogP contribution in [-0.4, -0.2) is 5.91 Å². The Morgan fingerprint density at radius 3 is 2.33 bits per heavy atom. The zero-order valence-electron chi connectivity index (χ0n) is 9.71. The Labute approximate surface area is 123 Å². The molecule has 0 aliphatic rings. The highest BCUT2D eigenvalue weighted by molar-refractivity contribution is 9.10. The molecular weight excluding hydrogens is 358 g/mol. The van der Waals surface area contributed by atoms with Gasteiger partial charge >= 0.3 is 0 Å². The molecule has 0 aliphatic heterocycles. The van der Waals surface area contributed by atoms with Crippen LogP contribution >= 0.6 is 31.9 Å². The Bertz CT molecular complexity index is 579. The molecule has 0 saturated carbocycles. The van der Waals surface area contributed by atoms with E-state index in [1.165, 1.54) is 0 Å². The van der Waals surface area contributed by atoms with Crippen molar-refractivity contribution in [1.82, 2.24) is 0 Å². The second-order valence-corrected chi connectivity index (χ2v) is 5.69. The summed E-state index contributed by atoms with van der Waals surface area (Å²) in [5.41, 5.74) is 2.47. The SMILES string of the molecule is Cc1cc(C(=O)Nc2ccc(Br)cc2)ccc1Br. The minimum Gasteiger partial charge on any atom is -0.322 e. The van der Waals surface area contributed by atoms with E-state index in [-0.39, 0.29) is 5.91 Å². The van der Waals surface area contributed by atoms with Crippen LogP contribution in [0.4, 0.5) is 5.69 Å². The molecule has 2 rings (SSSR count). The third-order valence-corrected chi connectivity index (χ3v) is 3.94. The lowest BCUT2D eigenvalue weighted by molar-refractivity contribution is 0.102. The van der Waals surface area contributed by atoms with Crippen molar-refractivity contribution in [2.45, 2.75) is 6.92 Å². The van der Waals surface area contributed by atoms with E-state index in [1.54, 1.807) is 6.07 Å². The number of hydrogen-bond donors (Lipinski definition) is 1. The average Bonchev–Trinajstić information content (AvgIpc) is 2.35. The van der Waals surface area contributed by atoms with Gasteiger partial charge in [0.1, 0.15) is 0 Å². The van der Waals surface area contributed by atoms with Crippen molar-refractivity contribution in [1.29, 1.82) is 0 Å². The van der Waals surface area contributed by atoms with Crippen molar-refractivity contribution in [3.05, 3.63) is 62.5 Å². The molecule has 0 unspecified atom stereocenters. The Kier molecular flexibility index (Phi) is 4.19. The normalized spacial score (nSPS) is 10.2. The zero-order valence-corrected chi connectivity index (χ0v) is 12.9.